The number of nitrogens with zero attached hydrogens (tertiary/aromatic N) is 3. The first-order valence-electron chi connectivity index (χ1n) is 20.1. The number of carbonyl (C=O) groups excluding carboxylic acids is 4. The van der Waals surface area contributed by atoms with Crippen molar-refractivity contribution >= 4 is 29.4 Å². The Kier molecular flexibility index (Phi) is 17.3. The maximum atomic E-state index is 14.4. The second-order valence-electron chi connectivity index (χ2n) is 16.9. The number of ketones is 2. The molecule has 304 valence electrons. The molecule has 0 spiro atoms. The molecular weight excluding hydrogens is 686 g/mol. The Morgan fingerprint density at radius 2 is 1.50 bits per heavy atom. The van der Waals surface area contributed by atoms with Gasteiger partial charge in [-0.25, -0.2) is 0 Å². The molecule has 2 amide bonds. The number of amides is 2. The molecule has 2 aliphatic rings. The Morgan fingerprint density at radius 3 is 2.04 bits per heavy atom. The van der Waals surface area contributed by atoms with E-state index in [1.807, 2.05) is 84.1 Å². The molecule has 1 heterocycles. The highest BCUT2D eigenvalue weighted by Crippen LogP contribution is 2.35. The van der Waals surface area contributed by atoms with E-state index in [9.17, 15) is 29.1 Å². The monoisotopic (exact) mass is 756 g/mol. The maximum Gasteiger partial charge on any atom is 0.307 e. The standard InChI is InChI=1S/C43H69N3O8/c1-28(2)33(26-37(48)43(4,5)44(6)7)41(50)45(8)39(31-20-15-12-16-21-31)36(53-9)27-38(49)46-23-17-22-34(46)40(54-10)29(3)35(47)25-32(42(51)52)24-30-18-13-11-14-19-30/h11,13-14,18-19,28-29,31-34,36,39-40H,12,15-17,20-27H2,1-10H3,(H,51,52)/t29-,32+,33-,34-,36+,39-,40+/m0/s1. The van der Waals surface area contributed by atoms with E-state index in [-0.39, 0.29) is 73.0 Å². The number of ether oxygens (including phenoxy) is 2. The SMILES string of the molecule is CO[C@H]([C@@H](C)C(=O)C[C@@H](Cc1ccccc1)C(=O)O)[C@@H]1CCCN1C(=O)C[C@@H](OC)[C@H](C1CCCCC1)N(C)C(=O)[C@@H](CC(=O)C(C)(C)N(C)C)C(C)C. The van der Waals surface area contributed by atoms with Gasteiger partial charge in [-0.1, -0.05) is 70.4 Å². The summed E-state index contributed by atoms with van der Waals surface area (Å²) in [7, 11) is 8.70. The van der Waals surface area contributed by atoms with Crippen LogP contribution >= 0.6 is 0 Å². The lowest BCUT2D eigenvalue weighted by Gasteiger charge is -2.43. The number of benzene rings is 1. The number of carbonyl (C=O) groups is 5. The highest BCUT2D eigenvalue weighted by Gasteiger charge is 2.44. The molecule has 11 nitrogen and oxygen atoms in total. The van der Waals surface area contributed by atoms with Gasteiger partial charge >= 0.3 is 5.97 Å². The van der Waals surface area contributed by atoms with Crippen LogP contribution in [0, 0.1) is 29.6 Å². The summed E-state index contributed by atoms with van der Waals surface area (Å²) in [5, 5.41) is 9.97. The number of hydrogen-bond acceptors (Lipinski definition) is 8. The van der Waals surface area contributed by atoms with Crippen LogP contribution in [0.25, 0.3) is 0 Å². The maximum absolute atomic E-state index is 14.4. The van der Waals surface area contributed by atoms with Crippen molar-refractivity contribution in [3.8, 4) is 0 Å². The first kappa shape index (κ1) is 45.2. The summed E-state index contributed by atoms with van der Waals surface area (Å²) in [6.45, 7) is 10.0. The summed E-state index contributed by atoms with van der Waals surface area (Å²) < 4.78 is 12.1. The van der Waals surface area contributed by atoms with E-state index < -0.39 is 41.5 Å². The Morgan fingerprint density at radius 1 is 0.870 bits per heavy atom. The Bertz CT molecular complexity index is 1390. The van der Waals surface area contributed by atoms with Crippen molar-refractivity contribution < 1.29 is 38.6 Å². The fraction of sp³-hybridized carbons (Fsp3) is 0.744. The van der Waals surface area contributed by atoms with Crippen LogP contribution in [0.5, 0.6) is 0 Å². The molecule has 1 aliphatic carbocycles. The number of rotatable bonds is 21. The van der Waals surface area contributed by atoms with E-state index in [4.69, 9.17) is 9.47 Å². The average molecular weight is 756 g/mol. The summed E-state index contributed by atoms with van der Waals surface area (Å²) in [6, 6.07) is 8.58. The Hall–Kier alpha value is -3.15. The molecular formula is C43H69N3O8. The molecule has 1 aliphatic heterocycles. The number of carboxylic acid groups (broad SMARTS) is 1. The average Bonchev–Trinajstić information content (AvgIpc) is 3.63. The summed E-state index contributed by atoms with van der Waals surface area (Å²) in [5.41, 5.74) is 0.138. The number of hydrogen-bond donors (Lipinski definition) is 1. The van der Waals surface area contributed by atoms with E-state index in [0.717, 1.165) is 44.1 Å². The fourth-order valence-electron chi connectivity index (χ4n) is 8.59. The lowest BCUT2D eigenvalue weighted by atomic mass is 9.78. The van der Waals surface area contributed by atoms with Gasteiger partial charge in [0, 0.05) is 52.5 Å². The molecule has 0 bridgehead atoms. The summed E-state index contributed by atoms with van der Waals surface area (Å²) >= 11 is 0. The molecule has 1 N–H and O–H groups in total. The third kappa shape index (κ3) is 11.4. The van der Waals surface area contributed by atoms with Crippen LogP contribution in [-0.4, -0.2) is 121 Å². The number of carboxylic acids is 1. The topological polar surface area (TPSA) is 134 Å². The second-order valence-corrected chi connectivity index (χ2v) is 16.9. The van der Waals surface area contributed by atoms with Gasteiger partial charge in [-0.2, -0.15) is 0 Å². The van der Waals surface area contributed by atoms with Crippen LogP contribution in [-0.2, 0) is 39.9 Å². The van der Waals surface area contributed by atoms with Crippen LogP contribution in [0.3, 0.4) is 0 Å². The van der Waals surface area contributed by atoms with Crippen LogP contribution in [0.1, 0.15) is 104 Å². The van der Waals surface area contributed by atoms with Crippen LogP contribution in [0.4, 0.5) is 0 Å². The van der Waals surface area contributed by atoms with Gasteiger partial charge in [-0.05, 0) is 77.4 Å². The zero-order valence-electron chi connectivity index (χ0n) is 34.7. The highest BCUT2D eigenvalue weighted by atomic mass is 16.5. The smallest absolute Gasteiger partial charge is 0.307 e. The van der Waals surface area contributed by atoms with Crippen LogP contribution in [0.15, 0.2) is 30.3 Å². The predicted molar refractivity (Wildman–Crippen MR) is 210 cm³/mol. The molecule has 3 rings (SSSR count). The molecule has 1 saturated heterocycles. The molecule has 1 aromatic rings. The summed E-state index contributed by atoms with van der Waals surface area (Å²) in [4.78, 5) is 73.6. The zero-order chi connectivity index (χ0) is 40.3. The van der Waals surface area contributed by atoms with E-state index in [2.05, 4.69) is 0 Å². The quantitative estimate of drug-likeness (QED) is 0.163. The van der Waals surface area contributed by atoms with Gasteiger partial charge in [0.25, 0.3) is 0 Å². The molecule has 11 heteroatoms. The summed E-state index contributed by atoms with van der Waals surface area (Å²) in [5.74, 6) is -3.37. The van der Waals surface area contributed by atoms with Gasteiger partial charge < -0.3 is 24.4 Å². The molecule has 1 aromatic carbocycles. The minimum atomic E-state index is -1.02. The molecule has 0 unspecified atom stereocenters. The van der Waals surface area contributed by atoms with Gasteiger partial charge in [-0.3, -0.25) is 28.9 Å². The van der Waals surface area contributed by atoms with Crippen molar-refractivity contribution in [2.75, 3.05) is 41.9 Å². The van der Waals surface area contributed by atoms with Gasteiger partial charge in [0.2, 0.25) is 11.8 Å². The second kappa shape index (κ2) is 20.7. The molecule has 7 atom stereocenters. The third-order valence-corrected chi connectivity index (χ3v) is 12.7. The van der Waals surface area contributed by atoms with Gasteiger partial charge in [0.15, 0.2) is 5.78 Å². The third-order valence-electron chi connectivity index (χ3n) is 12.7. The van der Waals surface area contributed by atoms with Crippen molar-refractivity contribution in [2.24, 2.45) is 29.6 Å². The van der Waals surface area contributed by atoms with Crippen molar-refractivity contribution in [3.63, 3.8) is 0 Å². The summed E-state index contributed by atoms with van der Waals surface area (Å²) in [6.07, 6.45) is 5.59. The Balaban J connectivity index is 1.81. The minimum absolute atomic E-state index is 0.00999. The Labute approximate surface area is 324 Å². The number of methoxy groups -OCH3 is 2. The highest BCUT2D eigenvalue weighted by molar-refractivity contribution is 5.92. The fourth-order valence-corrected chi connectivity index (χ4v) is 8.59. The molecule has 0 radical (unpaired) electrons. The van der Waals surface area contributed by atoms with E-state index >= 15 is 0 Å². The minimum Gasteiger partial charge on any atom is -0.481 e. The molecule has 2 fully saturated rings. The van der Waals surface area contributed by atoms with Crippen LogP contribution in [0.2, 0.25) is 0 Å². The lowest BCUT2D eigenvalue weighted by molar-refractivity contribution is -0.150. The number of likely N-dealkylation sites (N-methyl/N-ethyl adjacent to an activating group) is 2. The van der Waals surface area contributed by atoms with Crippen molar-refractivity contribution in [3.05, 3.63) is 35.9 Å². The van der Waals surface area contributed by atoms with Crippen molar-refractivity contribution in [2.45, 2.75) is 135 Å². The van der Waals surface area contributed by atoms with E-state index in [0.29, 0.717) is 13.0 Å². The van der Waals surface area contributed by atoms with Crippen LogP contribution < -0.4 is 0 Å². The van der Waals surface area contributed by atoms with Gasteiger partial charge in [-0.15, -0.1) is 0 Å². The molecule has 0 aromatic heterocycles. The zero-order valence-corrected chi connectivity index (χ0v) is 34.7. The lowest BCUT2D eigenvalue weighted by Crippen LogP contribution is -2.55. The van der Waals surface area contributed by atoms with Crippen molar-refractivity contribution in [1.29, 1.82) is 0 Å². The van der Waals surface area contributed by atoms with Gasteiger partial charge in [0.05, 0.1) is 42.2 Å². The predicted octanol–water partition coefficient (Wildman–Crippen LogP) is 5.92. The normalized spacial score (nSPS) is 20.3. The first-order chi connectivity index (χ1) is 25.5. The van der Waals surface area contributed by atoms with Crippen molar-refractivity contribution in [1.82, 2.24) is 14.7 Å². The number of likely N-dealkylation sites (tertiary alicyclic amines) is 1. The number of Topliss-reactive ketones (excluding diaryl/α,β-unsaturated/α-hetero) is 2. The van der Waals surface area contributed by atoms with Gasteiger partial charge in [0.1, 0.15) is 5.78 Å². The van der Waals surface area contributed by atoms with E-state index in [1.165, 1.54) is 0 Å². The molecule has 1 saturated carbocycles. The molecule has 54 heavy (non-hydrogen) atoms. The van der Waals surface area contributed by atoms with E-state index in [1.54, 1.807) is 30.9 Å². The first-order valence-corrected chi connectivity index (χ1v) is 20.1. The largest absolute Gasteiger partial charge is 0.481 e. The number of aliphatic carboxylic acids is 1.